The molecule has 1 amide bonds. The minimum absolute atomic E-state index is 0.0383. The summed E-state index contributed by atoms with van der Waals surface area (Å²) in [5.41, 5.74) is 7.24. The molecule has 106 valence electrons. The molecule has 1 unspecified atom stereocenters. The number of aromatic nitrogens is 1. The first-order valence-corrected chi connectivity index (χ1v) is 7.55. The number of aliphatic hydroxyl groups excluding tert-OH is 1. The van der Waals surface area contributed by atoms with Gasteiger partial charge in [-0.25, -0.2) is 0 Å². The van der Waals surface area contributed by atoms with Crippen molar-refractivity contribution in [3.8, 4) is 0 Å². The first-order valence-electron chi connectivity index (χ1n) is 6.74. The molecule has 1 aliphatic heterocycles. The molecule has 5 nitrogen and oxygen atoms in total. The quantitative estimate of drug-likeness (QED) is 0.883. The zero-order valence-corrected chi connectivity index (χ0v) is 11.9. The predicted octanol–water partition coefficient (Wildman–Crippen LogP) is 1.72. The third kappa shape index (κ3) is 2.25. The number of nitrogen functional groups attached to an aromatic ring is 1. The van der Waals surface area contributed by atoms with Crippen LogP contribution in [-0.2, 0) is 0 Å². The number of aliphatic hydroxyl groups is 1. The Morgan fingerprint density at radius 3 is 3.20 bits per heavy atom. The number of pyridine rings is 1. The van der Waals surface area contributed by atoms with Crippen LogP contribution in [0.1, 0.15) is 22.5 Å². The number of carbonyl (C=O) groups is 1. The van der Waals surface area contributed by atoms with Crippen LogP contribution in [0.25, 0.3) is 10.2 Å². The van der Waals surface area contributed by atoms with Crippen molar-refractivity contribution in [1.29, 1.82) is 0 Å². The maximum absolute atomic E-state index is 12.6. The van der Waals surface area contributed by atoms with Crippen LogP contribution in [0, 0.1) is 5.92 Å². The van der Waals surface area contributed by atoms with Gasteiger partial charge in [-0.05, 0) is 30.9 Å². The normalized spacial score (nSPS) is 19.4. The van der Waals surface area contributed by atoms with Crippen LogP contribution in [0.3, 0.4) is 0 Å². The Hall–Kier alpha value is -1.66. The molecule has 20 heavy (non-hydrogen) atoms. The Morgan fingerprint density at radius 1 is 1.60 bits per heavy atom. The summed E-state index contributed by atoms with van der Waals surface area (Å²) in [4.78, 5) is 19.2. The minimum atomic E-state index is -0.0383. The second kappa shape index (κ2) is 5.38. The number of amides is 1. The molecule has 1 fully saturated rings. The average molecular weight is 291 g/mol. The molecule has 3 heterocycles. The van der Waals surface area contributed by atoms with Gasteiger partial charge in [-0.2, -0.15) is 0 Å². The molecule has 0 bridgehead atoms. The van der Waals surface area contributed by atoms with Crippen molar-refractivity contribution in [3.05, 3.63) is 23.2 Å². The molecule has 0 saturated carbocycles. The molecule has 3 rings (SSSR count). The SMILES string of the molecule is Nc1c(C(=O)N2CCCC(CO)C2)sc2cccnc12. The van der Waals surface area contributed by atoms with E-state index in [1.165, 1.54) is 11.3 Å². The summed E-state index contributed by atoms with van der Waals surface area (Å²) in [5, 5.41) is 9.26. The molecule has 0 spiro atoms. The van der Waals surface area contributed by atoms with E-state index in [2.05, 4.69) is 4.98 Å². The lowest BCUT2D eigenvalue weighted by atomic mass is 9.99. The summed E-state index contributed by atoms with van der Waals surface area (Å²) in [6, 6.07) is 3.77. The van der Waals surface area contributed by atoms with E-state index in [0.717, 1.165) is 24.1 Å². The Kier molecular flexibility index (Phi) is 3.58. The zero-order chi connectivity index (χ0) is 14.1. The fraction of sp³-hybridized carbons (Fsp3) is 0.429. The monoisotopic (exact) mass is 291 g/mol. The molecule has 1 saturated heterocycles. The summed E-state index contributed by atoms with van der Waals surface area (Å²) < 4.78 is 0.934. The van der Waals surface area contributed by atoms with Crippen LogP contribution < -0.4 is 5.73 Å². The van der Waals surface area contributed by atoms with Crippen LogP contribution in [0.2, 0.25) is 0 Å². The molecule has 0 radical (unpaired) electrons. The second-order valence-corrected chi connectivity index (χ2v) is 6.19. The number of thiophene rings is 1. The molecule has 2 aromatic rings. The van der Waals surface area contributed by atoms with Crippen LogP contribution in [0.4, 0.5) is 5.69 Å². The lowest BCUT2D eigenvalue weighted by molar-refractivity contribution is 0.0626. The zero-order valence-electron chi connectivity index (χ0n) is 11.1. The van der Waals surface area contributed by atoms with E-state index in [1.807, 2.05) is 12.1 Å². The van der Waals surface area contributed by atoms with Crippen molar-refractivity contribution in [3.63, 3.8) is 0 Å². The van der Waals surface area contributed by atoms with Gasteiger partial charge in [0.05, 0.1) is 10.4 Å². The standard InChI is InChI=1S/C14H17N3O2S/c15-11-12-10(4-1-5-16-12)20-13(11)14(19)17-6-2-3-9(7-17)8-18/h1,4-5,9,18H,2-3,6-8,15H2. The van der Waals surface area contributed by atoms with Crippen molar-refractivity contribution >= 4 is 33.1 Å². The number of carbonyl (C=O) groups excluding carboxylic acids is 1. The van der Waals surface area contributed by atoms with Crippen molar-refractivity contribution in [2.45, 2.75) is 12.8 Å². The van der Waals surface area contributed by atoms with E-state index < -0.39 is 0 Å². The Morgan fingerprint density at radius 2 is 2.45 bits per heavy atom. The van der Waals surface area contributed by atoms with Crippen molar-refractivity contribution in [1.82, 2.24) is 9.88 Å². The fourth-order valence-corrected chi connectivity index (χ4v) is 3.70. The predicted molar refractivity (Wildman–Crippen MR) is 79.7 cm³/mol. The molecule has 1 aliphatic rings. The number of piperidine rings is 1. The highest BCUT2D eigenvalue weighted by atomic mass is 32.1. The van der Waals surface area contributed by atoms with Gasteiger partial charge in [0, 0.05) is 25.9 Å². The van der Waals surface area contributed by atoms with Gasteiger partial charge in [0.2, 0.25) is 0 Å². The van der Waals surface area contributed by atoms with E-state index in [1.54, 1.807) is 11.1 Å². The molecule has 0 aliphatic carbocycles. The largest absolute Gasteiger partial charge is 0.396 e. The van der Waals surface area contributed by atoms with Crippen LogP contribution in [-0.4, -0.2) is 40.6 Å². The molecule has 0 aromatic carbocycles. The molecule has 1 atom stereocenters. The lowest BCUT2D eigenvalue weighted by Crippen LogP contribution is -2.40. The molecular formula is C14H17N3O2S. The number of fused-ring (bicyclic) bond motifs is 1. The topological polar surface area (TPSA) is 79.5 Å². The number of nitrogens with two attached hydrogens (primary N) is 1. The lowest BCUT2D eigenvalue weighted by Gasteiger charge is -2.31. The third-order valence-electron chi connectivity index (χ3n) is 3.74. The second-order valence-electron chi connectivity index (χ2n) is 5.14. The number of hydrogen-bond donors (Lipinski definition) is 2. The summed E-state index contributed by atoms with van der Waals surface area (Å²) in [5.74, 6) is 0.144. The molecule has 6 heteroatoms. The maximum Gasteiger partial charge on any atom is 0.266 e. The minimum Gasteiger partial charge on any atom is -0.396 e. The Labute approximate surface area is 121 Å². The molecular weight excluding hydrogens is 274 g/mol. The van der Waals surface area contributed by atoms with E-state index >= 15 is 0 Å². The summed E-state index contributed by atoms with van der Waals surface area (Å²) >= 11 is 1.39. The Balaban J connectivity index is 1.90. The average Bonchev–Trinajstić information content (AvgIpc) is 2.84. The van der Waals surface area contributed by atoms with Gasteiger partial charge < -0.3 is 15.7 Å². The van der Waals surface area contributed by atoms with E-state index in [9.17, 15) is 9.90 Å². The van der Waals surface area contributed by atoms with Gasteiger partial charge in [0.15, 0.2) is 0 Å². The maximum atomic E-state index is 12.6. The van der Waals surface area contributed by atoms with Crippen molar-refractivity contribution in [2.75, 3.05) is 25.4 Å². The van der Waals surface area contributed by atoms with Crippen molar-refractivity contribution in [2.24, 2.45) is 5.92 Å². The highest BCUT2D eigenvalue weighted by Crippen LogP contribution is 2.33. The van der Waals surface area contributed by atoms with Gasteiger partial charge in [0.1, 0.15) is 10.4 Å². The number of anilines is 1. The van der Waals surface area contributed by atoms with Gasteiger partial charge in [0.25, 0.3) is 5.91 Å². The summed E-state index contributed by atoms with van der Waals surface area (Å²) in [6.07, 6.45) is 3.59. The molecule has 2 aromatic heterocycles. The Bertz CT molecular complexity index is 640. The number of nitrogens with zero attached hydrogens (tertiary/aromatic N) is 2. The number of likely N-dealkylation sites (tertiary alicyclic amines) is 1. The summed E-state index contributed by atoms with van der Waals surface area (Å²) in [7, 11) is 0. The van der Waals surface area contributed by atoms with Crippen LogP contribution in [0.5, 0.6) is 0 Å². The number of rotatable bonds is 2. The van der Waals surface area contributed by atoms with Gasteiger partial charge in [-0.15, -0.1) is 11.3 Å². The smallest absolute Gasteiger partial charge is 0.266 e. The highest BCUT2D eigenvalue weighted by Gasteiger charge is 2.27. The first kappa shape index (κ1) is 13.3. The van der Waals surface area contributed by atoms with Gasteiger partial charge >= 0.3 is 0 Å². The van der Waals surface area contributed by atoms with Gasteiger partial charge in [-0.1, -0.05) is 0 Å². The van der Waals surface area contributed by atoms with Crippen LogP contribution in [0.15, 0.2) is 18.3 Å². The van der Waals surface area contributed by atoms with Crippen LogP contribution >= 0.6 is 11.3 Å². The van der Waals surface area contributed by atoms with E-state index in [0.29, 0.717) is 22.6 Å². The first-order chi connectivity index (χ1) is 9.70. The number of hydrogen-bond acceptors (Lipinski definition) is 5. The fourth-order valence-electron chi connectivity index (χ4n) is 2.65. The van der Waals surface area contributed by atoms with Gasteiger partial charge in [-0.3, -0.25) is 9.78 Å². The van der Waals surface area contributed by atoms with E-state index in [4.69, 9.17) is 5.73 Å². The van der Waals surface area contributed by atoms with E-state index in [-0.39, 0.29) is 18.4 Å². The molecule has 3 N–H and O–H groups in total. The summed E-state index contributed by atoms with van der Waals surface area (Å²) in [6.45, 7) is 1.47. The highest BCUT2D eigenvalue weighted by molar-refractivity contribution is 7.21. The van der Waals surface area contributed by atoms with Crippen molar-refractivity contribution < 1.29 is 9.90 Å². The third-order valence-corrected chi connectivity index (χ3v) is 4.89.